The predicted molar refractivity (Wildman–Crippen MR) is 73.0 cm³/mol. The largest absolute Gasteiger partial charge is 0.492 e. The summed E-state index contributed by atoms with van der Waals surface area (Å²) in [5.41, 5.74) is 0.105. The third-order valence-corrected chi connectivity index (χ3v) is 2.90. The Labute approximate surface area is 115 Å². The molecule has 0 unspecified atom stereocenters. The van der Waals surface area contributed by atoms with Crippen molar-refractivity contribution in [2.45, 2.75) is 6.42 Å². The Morgan fingerprint density at radius 3 is 2.60 bits per heavy atom. The molecule has 0 heterocycles. The van der Waals surface area contributed by atoms with Crippen molar-refractivity contribution in [3.05, 3.63) is 42.0 Å². The fraction of sp³-hybridized carbons (Fsp3) is 0.200. The molecule has 5 heteroatoms. The number of carbonyl (C=O) groups excluding carboxylic acids is 1. The van der Waals surface area contributed by atoms with Crippen LogP contribution in [0.4, 0.5) is 0 Å². The number of hydrogen-bond acceptors (Lipinski definition) is 4. The summed E-state index contributed by atoms with van der Waals surface area (Å²) in [7, 11) is 1.29. The lowest BCUT2D eigenvalue weighted by atomic mass is 10.0. The maximum absolute atomic E-state index is 11.4. The van der Waals surface area contributed by atoms with Gasteiger partial charge in [-0.3, -0.25) is 4.79 Å². The maximum atomic E-state index is 11.4. The number of aromatic carboxylic acids is 1. The van der Waals surface area contributed by atoms with E-state index in [2.05, 4.69) is 4.74 Å². The van der Waals surface area contributed by atoms with Crippen LogP contribution in [0.3, 0.4) is 0 Å². The molecule has 1 N–H and O–H groups in total. The van der Waals surface area contributed by atoms with Crippen LogP contribution in [0.5, 0.6) is 5.75 Å². The van der Waals surface area contributed by atoms with Crippen molar-refractivity contribution in [1.29, 1.82) is 0 Å². The highest BCUT2D eigenvalue weighted by Gasteiger charge is 2.15. The molecule has 2 aromatic rings. The fourth-order valence-electron chi connectivity index (χ4n) is 1.94. The molecule has 0 saturated heterocycles. The van der Waals surface area contributed by atoms with Crippen LogP contribution in [0.1, 0.15) is 16.8 Å². The number of rotatable bonds is 5. The number of hydrogen-bond donors (Lipinski definition) is 1. The molecule has 0 fully saturated rings. The molecule has 0 radical (unpaired) electrons. The molecule has 0 aliphatic carbocycles. The van der Waals surface area contributed by atoms with Gasteiger partial charge in [-0.2, -0.15) is 0 Å². The standard InChI is InChI=1S/C15H14O5/c1-19-13(16)8-9-20-12-7-6-10-4-2-3-5-11(10)14(12)15(17)18/h2-7H,8-9H2,1H3,(H,17,18). The average molecular weight is 274 g/mol. The molecule has 0 aliphatic heterocycles. The molecule has 0 aromatic heterocycles. The van der Waals surface area contributed by atoms with E-state index >= 15 is 0 Å². The van der Waals surface area contributed by atoms with E-state index in [9.17, 15) is 14.7 Å². The molecule has 0 saturated carbocycles. The van der Waals surface area contributed by atoms with E-state index in [0.717, 1.165) is 5.39 Å². The van der Waals surface area contributed by atoms with E-state index in [1.807, 2.05) is 12.1 Å². The van der Waals surface area contributed by atoms with Crippen LogP contribution < -0.4 is 4.74 Å². The number of benzene rings is 2. The van der Waals surface area contributed by atoms with Crippen LogP contribution in [0, 0.1) is 0 Å². The summed E-state index contributed by atoms with van der Waals surface area (Å²) in [5.74, 6) is -1.21. The van der Waals surface area contributed by atoms with Crippen LogP contribution in [-0.2, 0) is 9.53 Å². The third-order valence-electron chi connectivity index (χ3n) is 2.90. The molecule has 20 heavy (non-hydrogen) atoms. The van der Waals surface area contributed by atoms with Crippen molar-refractivity contribution in [3.63, 3.8) is 0 Å². The summed E-state index contributed by atoms with van der Waals surface area (Å²) in [5, 5.41) is 10.8. The quantitative estimate of drug-likeness (QED) is 0.848. The van der Waals surface area contributed by atoms with Gasteiger partial charge in [0.1, 0.15) is 11.3 Å². The molecule has 104 valence electrons. The van der Waals surface area contributed by atoms with Gasteiger partial charge in [0.15, 0.2) is 0 Å². The molecular weight excluding hydrogens is 260 g/mol. The Morgan fingerprint density at radius 2 is 1.90 bits per heavy atom. The molecule has 0 spiro atoms. The topological polar surface area (TPSA) is 72.8 Å². The van der Waals surface area contributed by atoms with Gasteiger partial charge >= 0.3 is 11.9 Å². The first-order valence-electron chi connectivity index (χ1n) is 6.08. The van der Waals surface area contributed by atoms with Crippen LogP contribution in [0.25, 0.3) is 10.8 Å². The van der Waals surface area contributed by atoms with Crippen molar-refractivity contribution < 1.29 is 24.2 Å². The first-order valence-corrected chi connectivity index (χ1v) is 6.08. The summed E-state index contributed by atoms with van der Waals surface area (Å²) < 4.78 is 9.90. The molecular formula is C15H14O5. The Balaban J connectivity index is 2.31. The van der Waals surface area contributed by atoms with Gasteiger partial charge in [-0.25, -0.2) is 4.79 Å². The Morgan fingerprint density at radius 1 is 1.15 bits per heavy atom. The monoisotopic (exact) mass is 274 g/mol. The summed E-state index contributed by atoms with van der Waals surface area (Å²) in [6.07, 6.45) is 0.0718. The van der Waals surface area contributed by atoms with Gasteiger partial charge in [-0.05, 0) is 16.8 Å². The number of esters is 1. The van der Waals surface area contributed by atoms with Crippen LogP contribution >= 0.6 is 0 Å². The zero-order valence-corrected chi connectivity index (χ0v) is 11.0. The fourth-order valence-corrected chi connectivity index (χ4v) is 1.94. The zero-order valence-electron chi connectivity index (χ0n) is 11.0. The van der Waals surface area contributed by atoms with Crippen molar-refractivity contribution in [1.82, 2.24) is 0 Å². The number of carboxylic acids is 1. The number of methoxy groups -OCH3 is 1. The van der Waals surface area contributed by atoms with E-state index in [1.54, 1.807) is 24.3 Å². The summed E-state index contributed by atoms with van der Waals surface area (Å²) in [4.78, 5) is 22.4. The van der Waals surface area contributed by atoms with Gasteiger partial charge in [0.05, 0.1) is 20.1 Å². The van der Waals surface area contributed by atoms with E-state index < -0.39 is 11.9 Å². The Hall–Kier alpha value is -2.56. The van der Waals surface area contributed by atoms with Crippen molar-refractivity contribution in [3.8, 4) is 5.75 Å². The molecule has 5 nitrogen and oxygen atoms in total. The van der Waals surface area contributed by atoms with E-state index in [-0.39, 0.29) is 24.3 Å². The van der Waals surface area contributed by atoms with Crippen molar-refractivity contribution in [2.24, 2.45) is 0 Å². The van der Waals surface area contributed by atoms with Crippen molar-refractivity contribution >= 4 is 22.7 Å². The highest BCUT2D eigenvalue weighted by atomic mass is 16.5. The number of carbonyl (C=O) groups is 2. The second-order valence-corrected chi connectivity index (χ2v) is 4.14. The Kier molecular flexibility index (Phi) is 4.20. The van der Waals surface area contributed by atoms with E-state index in [0.29, 0.717) is 5.39 Å². The molecule has 2 aromatic carbocycles. The maximum Gasteiger partial charge on any atom is 0.340 e. The number of carboxylic acid groups (broad SMARTS) is 1. The minimum absolute atomic E-state index is 0.0718. The minimum Gasteiger partial charge on any atom is -0.492 e. The predicted octanol–water partition coefficient (Wildman–Crippen LogP) is 2.48. The van der Waals surface area contributed by atoms with Crippen molar-refractivity contribution in [2.75, 3.05) is 13.7 Å². The molecule has 0 atom stereocenters. The first kappa shape index (κ1) is 13.9. The molecule has 0 aliphatic rings. The third kappa shape index (κ3) is 2.88. The van der Waals surface area contributed by atoms with Gasteiger partial charge < -0.3 is 14.6 Å². The lowest BCUT2D eigenvalue weighted by Gasteiger charge is -2.11. The first-order chi connectivity index (χ1) is 9.63. The lowest BCUT2D eigenvalue weighted by Crippen LogP contribution is -2.10. The molecule has 0 amide bonds. The Bertz CT molecular complexity index is 648. The lowest BCUT2D eigenvalue weighted by molar-refractivity contribution is -0.141. The second kappa shape index (κ2) is 6.06. The van der Waals surface area contributed by atoms with Crippen LogP contribution in [-0.4, -0.2) is 30.8 Å². The van der Waals surface area contributed by atoms with E-state index in [4.69, 9.17) is 4.74 Å². The SMILES string of the molecule is COC(=O)CCOc1ccc2ccccc2c1C(=O)O. The van der Waals surface area contributed by atoms with Gasteiger partial charge in [0.2, 0.25) is 0 Å². The zero-order chi connectivity index (χ0) is 14.5. The normalized spacial score (nSPS) is 10.2. The second-order valence-electron chi connectivity index (χ2n) is 4.14. The van der Waals surface area contributed by atoms with E-state index in [1.165, 1.54) is 7.11 Å². The highest BCUT2D eigenvalue weighted by Crippen LogP contribution is 2.28. The van der Waals surface area contributed by atoms with Crippen LogP contribution in [0.2, 0.25) is 0 Å². The van der Waals surface area contributed by atoms with Gasteiger partial charge in [-0.15, -0.1) is 0 Å². The summed E-state index contributed by atoms with van der Waals surface area (Å²) in [6.45, 7) is 0.0747. The minimum atomic E-state index is -1.06. The average Bonchev–Trinajstić information content (AvgIpc) is 2.46. The molecule has 0 bridgehead atoms. The number of fused-ring (bicyclic) bond motifs is 1. The summed E-state index contributed by atoms with van der Waals surface area (Å²) in [6, 6.07) is 10.6. The van der Waals surface area contributed by atoms with Gasteiger partial charge in [0.25, 0.3) is 0 Å². The highest BCUT2D eigenvalue weighted by molar-refractivity contribution is 6.06. The van der Waals surface area contributed by atoms with Gasteiger partial charge in [-0.1, -0.05) is 30.3 Å². The smallest absolute Gasteiger partial charge is 0.340 e. The van der Waals surface area contributed by atoms with Crippen LogP contribution in [0.15, 0.2) is 36.4 Å². The number of ether oxygens (including phenoxy) is 2. The van der Waals surface area contributed by atoms with Gasteiger partial charge in [0, 0.05) is 0 Å². The molecule has 2 rings (SSSR count). The summed E-state index contributed by atoms with van der Waals surface area (Å²) >= 11 is 0.